The Morgan fingerprint density at radius 3 is 3.03 bits per heavy atom. The molecule has 1 aliphatic carbocycles. The first kappa shape index (κ1) is 18.4. The molecule has 2 aliphatic rings. The molecule has 5 heterocycles. The number of anilines is 2. The molecule has 0 spiro atoms. The highest BCUT2D eigenvalue weighted by Crippen LogP contribution is 2.36. The number of nitrogens with zero attached hydrogens (tertiary/aromatic N) is 7. The van der Waals surface area contributed by atoms with Gasteiger partial charge in [0.2, 0.25) is 11.8 Å². The van der Waals surface area contributed by atoms with Gasteiger partial charge in [-0.3, -0.25) is 0 Å². The Labute approximate surface area is 182 Å². The number of aromatic nitrogens is 7. The lowest BCUT2D eigenvalue weighted by Gasteiger charge is -2.11. The van der Waals surface area contributed by atoms with E-state index in [1.807, 2.05) is 19.1 Å². The smallest absolute Gasteiger partial charge is 0.257 e. The summed E-state index contributed by atoms with van der Waals surface area (Å²) in [7, 11) is 0. The van der Waals surface area contributed by atoms with Crippen molar-refractivity contribution in [1.82, 2.24) is 34.5 Å². The highest BCUT2D eigenvalue weighted by Gasteiger charge is 2.27. The summed E-state index contributed by atoms with van der Waals surface area (Å²) in [6.07, 6.45) is 6.45. The van der Waals surface area contributed by atoms with Crippen molar-refractivity contribution in [2.75, 3.05) is 11.9 Å². The van der Waals surface area contributed by atoms with E-state index in [0.717, 1.165) is 36.0 Å². The number of aryl methyl sites for hydroxylation is 1. The van der Waals surface area contributed by atoms with Crippen LogP contribution in [-0.4, -0.2) is 47.2 Å². The van der Waals surface area contributed by atoms with Gasteiger partial charge in [-0.2, -0.15) is 10.1 Å². The zero-order valence-corrected chi connectivity index (χ0v) is 17.5. The van der Waals surface area contributed by atoms with E-state index in [1.54, 1.807) is 21.8 Å². The summed E-state index contributed by atoms with van der Waals surface area (Å²) in [5, 5.41) is 13.5. The lowest BCUT2D eigenvalue weighted by atomic mass is 10.3. The fraction of sp³-hybridized carbons (Fsp3) is 0.350. The Kier molecular flexibility index (Phi) is 4.20. The summed E-state index contributed by atoms with van der Waals surface area (Å²) in [6, 6.07) is 3.80. The van der Waals surface area contributed by atoms with Crippen LogP contribution >= 0.6 is 11.6 Å². The topological polar surface area (TPSA) is 105 Å². The van der Waals surface area contributed by atoms with E-state index in [4.69, 9.17) is 26.2 Å². The standard InChI is InChI=1S/C20H19ClN8O2/c1-11-15-19(27-29(11)14-4-2-7-22-18(14)31-12-5-6-12)30-9-3-8-28-17-13(16(21)26-28)10-23-20(24-15)25-17/h2,4,7,10,12H,3,5-6,8-9H2,1H3,(H,23,24,25). The average molecular weight is 439 g/mol. The molecule has 6 rings (SSSR count). The number of pyridine rings is 1. The monoisotopic (exact) mass is 438 g/mol. The van der Waals surface area contributed by atoms with Crippen molar-refractivity contribution < 1.29 is 9.47 Å². The molecule has 0 amide bonds. The minimum atomic E-state index is 0.229. The number of rotatable bonds is 3. The maximum atomic E-state index is 6.24. The van der Waals surface area contributed by atoms with Crippen molar-refractivity contribution in [3.05, 3.63) is 35.4 Å². The molecule has 158 valence electrons. The molecular formula is C20H19ClN8O2. The van der Waals surface area contributed by atoms with E-state index in [2.05, 4.69) is 25.4 Å². The molecule has 1 saturated carbocycles. The lowest BCUT2D eigenvalue weighted by Crippen LogP contribution is -2.08. The number of ether oxygens (including phenoxy) is 2. The fourth-order valence-corrected chi connectivity index (χ4v) is 3.79. The first-order valence-corrected chi connectivity index (χ1v) is 10.6. The number of hydrogen-bond acceptors (Lipinski definition) is 8. The molecular weight excluding hydrogens is 420 g/mol. The summed E-state index contributed by atoms with van der Waals surface area (Å²) in [6.45, 7) is 3.04. The van der Waals surface area contributed by atoms with Gasteiger partial charge in [-0.05, 0) is 31.9 Å². The zero-order chi connectivity index (χ0) is 20.9. The molecule has 2 bridgehead atoms. The van der Waals surface area contributed by atoms with Gasteiger partial charge in [0.15, 0.2) is 10.8 Å². The number of hydrogen-bond donors (Lipinski definition) is 1. The molecule has 0 atom stereocenters. The predicted octanol–water partition coefficient (Wildman–Crippen LogP) is 3.44. The third-order valence-corrected chi connectivity index (χ3v) is 5.58. The third-order valence-electron chi connectivity index (χ3n) is 5.30. The molecule has 0 unspecified atom stereocenters. The number of halogens is 1. The van der Waals surface area contributed by atoms with E-state index in [1.165, 1.54) is 0 Å². The maximum absolute atomic E-state index is 6.24. The molecule has 0 aromatic carbocycles. The van der Waals surface area contributed by atoms with Crippen molar-refractivity contribution >= 4 is 34.3 Å². The van der Waals surface area contributed by atoms with E-state index >= 15 is 0 Å². The van der Waals surface area contributed by atoms with Crippen LogP contribution in [0.5, 0.6) is 11.8 Å². The highest BCUT2D eigenvalue weighted by molar-refractivity contribution is 6.34. The van der Waals surface area contributed by atoms with Gasteiger partial charge in [0.1, 0.15) is 17.5 Å². The molecule has 31 heavy (non-hydrogen) atoms. The molecule has 0 radical (unpaired) electrons. The van der Waals surface area contributed by atoms with Crippen LogP contribution in [0.1, 0.15) is 25.0 Å². The third kappa shape index (κ3) is 3.23. The normalized spacial score (nSPS) is 15.8. The lowest BCUT2D eigenvalue weighted by molar-refractivity contribution is 0.284. The number of fused-ring (bicyclic) bond motifs is 2. The molecule has 0 saturated heterocycles. The summed E-state index contributed by atoms with van der Waals surface area (Å²) < 4.78 is 15.6. The molecule has 1 fully saturated rings. The van der Waals surface area contributed by atoms with Gasteiger partial charge in [-0.15, -0.1) is 5.10 Å². The molecule has 1 N–H and O–H groups in total. The SMILES string of the molecule is Cc1c2c(nn1-c1cccnc1OC1CC1)OCCCn1nc(Cl)c3cnc(nc31)N2. The Balaban J connectivity index is 1.45. The van der Waals surface area contributed by atoms with Crippen LogP contribution in [0.4, 0.5) is 11.6 Å². The van der Waals surface area contributed by atoms with Crippen LogP contribution in [0.3, 0.4) is 0 Å². The van der Waals surface area contributed by atoms with E-state index in [0.29, 0.717) is 47.3 Å². The van der Waals surface area contributed by atoms with Gasteiger partial charge in [-0.1, -0.05) is 11.6 Å². The van der Waals surface area contributed by atoms with Crippen LogP contribution in [0.2, 0.25) is 5.15 Å². The van der Waals surface area contributed by atoms with Crippen molar-refractivity contribution in [2.45, 2.75) is 38.8 Å². The highest BCUT2D eigenvalue weighted by atomic mass is 35.5. The van der Waals surface area contributed by atoms with Gasteiger partial charge in [0, 0.05) is 25.4 Å². The van der Waals surface area contributed by atoms with Gasteiger partial charge < -0.3 is 14.8 Å². The van der Waals surface area contributed by atoms with Crippen LogP contribution in [-0.2, 0) is 6.54 Å². The van der Waals surface area contributed by atoms with Gasteiger partial charge in [0.25, 0.3) is 5.88 Å². The van der Waals surface area contributed by atoms with Crippen LogP contribution in [0.25, 0.3) is 16.7 Å². The summed E-state index contributed by atoms with van der Waals surface area (Å²) in [5.41, 5.74) is 2.97. The second kappa shape index (κ2) is 7.09. The summed E-state index contributed by atoms with van der Waals surface area (Å²) >= 11 is 6.24. The first-order valence-electron chi connectivity index (χ1n) is 10.2. The van der Waals surface area contributed by atoms with Crippen LogP contribution in [0.15, 0.2) is 24.5 Å². The predicted molar refractivity (Wildman–Crippen MR) is 113 cm³/mol. The largest absolute Gasteiger partial charge is 0.475 e. The zero-order valence-electron chi connectivity index (χ0n) is 16.7. The minimum absolute atomic E-state index is 0.229. The maximum Gasteiger partial charge on any atom is 0.257 e. The summed E-state index contributed by atoms with van der Waals surface area (Å²) in [4.78, 5) is 13.5. The van der Waals surface area contributed by atoms with Crippen molar-refractivity contribution in [3.63, 3.8) is 0 Å². The van der Waals surface area contributed by atoms with Crippen LogP contribution in [0, 0.1) is 6.92 Å². The van der Waals surface area contributed by atoms with E-state index in [-0.39, 0.29) is 6.10 Å². The van der Waals surface area contributed by atoms with Crippen LogP contribution < -0.4 is 14.8 Å². The van der Waals surface area contributed by atoms with Gasteiger partial charge >= 0.3 is 0 Å². The quantitative estimate of drug-likeness (QED) is 0.518. The fourth-order valence-electron chi connectivity index (χ4n) is 3.57. The molecule has 11 heteroatoms. The van der Waals surface area contributed by atoms with Gasteiger partial charge in [0.05, 0.1) is 17.7 Å². The Morgan fingerprint density at radius 1 is 1.26 bits per heavy atom. The molecule has 4 aromatic rings. The first-order chi connectivity index (χ1) is 15.2. The Morgan fingerprint density at radius 2 is 2.16 bits per heavy atom. The van der Waals surface area contributed by atoms with Crippen molar-refractivity contribution in [2.24, 2.45) is 0 Å². The minimum Gasteiger partial charge on any atom is -0.475 e. The second-order valence-corrected chi connectivity index (χ2v) is 7.95. The van der Waals surface area contributed by atoms with E-state index < -0.39 is 0 Å². The second-order valence-electron chi connectivity index (χ2n) is 7.59. The number of nitrogens with one attached hydrogen (secondary N) is 1. The molecule has 4 aromatic heterocycles. The van der Waals surface area contributed by atoms with E-state index in [9.17, 15) is 0 Å². The Bertz CT molecular complexity index is 1300. The van der Waals surface area contributed by atoms with Crippen molar-refractivity contribution in [3.8, 4) is 17.4 Å². The molecule has 10 nitrogen and oxygen atoms in total. The van der Waals surface area contributed by atoms with Gasteiger partial charge in [-0.25, -0.2) is 19.3 Å². The Hall–Kier alpha value is -3.40. The molecule has 1 aliphatic heterocycles. The average Bonchev–Trinajstić information content (AvgIpc) is 3.47. The van der Waals surface area contributed by atoms with Crippen molar-refractivity contribution in [1.29, 1.82) is 0 Å². The summed E-state index contributed by atoms with van der Waals surface area (Å²) in [5.74, 6) is 1.45.